The van der Waals surface area contributed by atoms with Crippen molar-refractivity contribution in [1.29, 1.82) is 0 Å². The van der Waals surface area contributed by atoms with Gasteiger partial charge in [0.05, 0.1) is 0 Å². The molecule has 0 spiro atoms. The SMILES string of the molecule is CN(C)c1nc(N)nc(NCC2CC2(C)C)n1. The topological polar surface area (TPSA) is 80.0 Å². The highest BCUT2D eigenvalue weighted by Crippen LogP contribution is 2.51. The number of nitrogens with one attached hydrogen (secondary N) is 1. The molecule has 3 N–H and O–H groups in total. The molecule has 1 unspecified atom stereocenters. The Labute approximate surface area is 102 Å². The molecule has 1 saturated carbocycles. The van der Waals surface area contributed by atoms with Crippen LogP contribution >= 0.6 is 0 Å². The minimum atomic E-state index is 0.251. The van der Waals surface area contributed by atoms with Crippen LogP contribution in [-0.2, 0) is 0 Å². The third kappa shape index (κ3) is 2.75. The van der Waals surface area contributed by atoms with Crippen LogP contribution in [0.15, 0.2) is 0 Å². The molecule has 6 heteroatoms. The fraction of sp³-hybridized carbons (Fsp3) is 0.727. The van der Waals surface area contributed by atoms with E-state index in [1.807, 2.05) is 19.0 Å². The molecule has 0 bridgehead atoms. The highest BCUT2D eigenvalue weighted by Gasteiger charge is 2.45. The third-order valence-electron chi connectivity index (χ3n) is 3.27. The van der Waals surface area contributed by atoms with Gasteiger partial charge in [0.2, 0.25) is 17.8 Å². The number of nitrogens with two attached hydrogens (primary N) is 1. The second-order valence-electron chi connectivity index (χ2n) is 5.48. The Morgan fingerprint density at radius 1 is 1.35 bits per heavy atom. The second kappa shape index (κ2) is 4.01. The zero-order chi connectivity index (χ0) is 12.6. The van der Waals surface area contributed by atoms with E-state index in [0.717, 1.165) is 6.54 Å². The average molecular weight is 236 g/mol. The van der Waals surface area contributed by atoms with Gasteiger partial charge in [0.25, 0.3) is 0 Å². The molecule has 1 atom stereocenters. The molecule has 0 saturated heterocycles. The molecule has 1 aliphatic rings. The summed E-state index contributed by atoms with van der Waals surface area (Å²) in [6.45, 7) is 5.43. The van der Waals surface area contributed by atoms with Gasteiger partial charge in [-0.2, -0.15) is 15.0 Å². The number of aromatic nitrogens is 3. The predicted octanol–water partition coefficient (Wildman–Crippen LogP) is 0.978. The van der Waals surface area contributed by atoms with Gasteiger partial charge < -0.3 is 16.0 Å². The molecule has 1 heterocycles. The van der Waals surface area contributed by atoms with Crippen molar-refractivity contribution < 1.29 is 0 Å². The predicted molar refractivity (Wildman–Crippen MR) is 68.9 cm³/mol. The Hall–Kier alpha value is -1.59. The van der Waals surface area contributed by atoms with Crippen LogP contribution < -0.4 is 16.0 Å². The van der Waals surface area contributed by atoms with Crippen molar-refractivity contribution in [2.45, 2.75) is 20.3 Å². The van der Waals surface area contributed by atoms with Gasteiger partial charge in [-0.15, -0.1) is 0 Å². The summed E-state index contributed by atoms with van der Waals surface area (Å²) in [5.74, 6) is 2.09. The lowest BCUT2D eigenvalue weighted by Crippen LogP contribution is -2.17. The molecule has 6 nitrogen and oxygen atoms in total. The molecular weight excluding hydrogens is 216 g/mol. The Balaban J connectivity index is 2.01. The second-order valence-corrected chi connectivity index (χ2v) is 5.48. The van der Waals surface area contributed by atoms with E-state index in [0.29, 0.717) is 23.2 Å². The zero-order valence-corrected chi connectivity index (χ0v) is 10.9. The average Bonchev–Trinajstić information content (AvgIpc) is 2.83. The molecule has 0 aliphatic heterocycles. The molecule has 1 aromatic heterocycles. The van der Waals surface area contributed by atoms with E-state index >= 15 is 0 Å². The van der Waals surface area contributed by atoms with Crippen LogP contribution in [0.5, 0.6) is 0 Å². The summed E-state index contributed by atoms with van der Waals surface area (Å²) in [5.41, 5.74) is 6.10. The summed E-state index contributed by atoms with van der Waals surface area (Å²) in [6, 6.07) is 0. The van der Waals surface area contributed by atoms with E-state index in [9.17, 15) is 0 Å². The fourth-order valence-electron chi connectivity index (χ4n) is 1.80. The number of anilines is 3. The van der Waals surface area contributed by atoms with Crippen LogP contribution in [0.25, 0.3) is 0 Å². The molecular formula is C11H20N6. The lowest BCUT2D eigenvalue weighted by Gasteiger charge is -2.12. The van der Waals surface area contributed by atoms with Crippen LogP contribution in [0.2, 0.25) is 0 Å². The van der Waals surface area contributed by atoms with E-state index in [1.54, 1.807) is 0 Å². The minimum absolute atomic E-state index is 0.251. The normalized spacial score (nSPS) is 21.1. The van der Waals surface area contributed by atoms with Gasteiger partial charge in [-0.25, -0.2) is 0 Å². The lowest BCUT2D eigenvalue weighted by atomic mass is 10.1. The first kappa shape index (κ1) is 11.9. The highest BCUT2D eigenvalue weighted by atomic mass is 15.3. The van der Waals surface area contributed by atoms with Crippen molar-refractivity contribution >= 4 is 17.8 Å². The van der Waals surface area contributed by atoms with Crippen molar-refractivity contribution in [2.24, 2.45) is 11.3 Å². The first-order valence-corrected chi connectivity index (χ1v) is 5.81. The molecule has 94 valence electrons. The van der Waals surface area contributed by atoms with Gasteiger partial charge in [-0.1, -0.05) is 13.8 Å². The molecule has 0 aromatic carbocycles. The van der Waals surface area contributed by atoms with Crippen LogP contribution in [-0.4, -0.2) is 35.6 Å². The summed E-state index contributed by atoms with van der Waals surface area (Å²) in [4.78, 5) is 14.2. The summed E-state index contributed by atoms with van der Waals surface area (Å²) in [5, 5.41) is 3.23. The van der Waals surface area contributed by atoms with E-state index in [-0.39, 0.29) is 5.95 Å². The van der Waals surface area contributed by atoms with E-state index < -0.39 is 0 Å². The lowest BCUT2D eigenvalue weighted by molar-refractivity contribution is 0.572. The van der Waals surface area contributed by atoms with Crippen LogP contribution in [0.1, 0.15) is 20.3 Å². The Kier molecular flexibility index (Phi) is 2.81. The van der Waals surface area contributed by atoms with Crippen molar-refractivity contribution in [3.05, 3.63) is 0 Å². The van der Waals surface area contributed by atoms with Crippen LogP contribution in [0, 0.1) is 11.3 Å². The molecule has 17 heavy (non-hydrogen) atoms. The molecule has 1 aromatic rings. The zero-order valence-electron chi connectivity index (χ0n) is 10.9. The summed E-state index contributed by atoms with van der Waals surface area (Å²) >= 11 is 0. The maximum Gasteiger partial charge on any atom is 0.231 e. The monoisotopic (exact) mass is 236 g/mol. The van der Waals surface area contributed by atoms with Gasteiger partial charge in [0.1, 0.15) is 0 Å². The van der Waals surface area contributed by atoms with Gasteiger partial charge in [0, 0.05) is 20.6 Å². The van der Waals surface area contributed by atoms with Crippen molar-refractivity contribution in [1.82, 2.24) is 15.0 Å². The number of hydrogen-bond donors (Lipinski definition) is 2. The maximum absolute atomic E-state index is 5.64. The van der Waals surface area contributed by atoms with Gasteiger partial charge in [0.15, 0.2) is 0 Å². The largest absolute Gasteiger partial charge is 0.368 e. The van der Waals surface area contributed by atoms with Gasteiger partial charge >= 0.3 is 0 Å². The van der Waals surface area contributed by atoms with Crippen molar-refractivity contribution in [3.8, 4) is 0 Å². The summed E-state index contributed by atoms with van der Waals surface area (Å²) < 4.78 is 0. The number of rotatable bonds is 4. The first-order chi connectivity index (χ1) is 7.88. The van der Waals surface area contributed by atoms with E-state index in [2.05, 4.69) is 34.1 Å². The minimum Gasteiger partial charge on any atom is -0.368 e. The molecule has 2 rings (SSSR count). The molecule has 1 aliphatic carbocycles. The standard InChI is InChI=1S/C11H20N6/c1-11(2)5-7(11)6-13-9-14-8(12)15-10(16-9)17(3)4/h7H,5-6H2,1-4H3,(H3,12,13,14,15,16). The van der Waals surface area contributed by atoms with Gasteiger partial charge in [-0.05, 0) is 17.8 Å². The van der Waals surface area contributed by atoms with Crippen molar-refractivity contribution in [2.75, 3.05) is 36.6 Å². The quantitative estimate of drug-likeness (QED) is 0.811. The van der Waals surface area contributed by atoms with Gasteiger partial charge in [-0.3, -0.25) is 0 Å². The molecule has 0 amide bonds. The number of nitrogens with zero attached hydrogens (tertiary/aromatic N) is 4. The van der Waals surface area contributed by atoms with Crippen LogP contribution in [0.3, 0.4) is 0 Å². The smallest absolute Gasteiger partial charge is 0.231 e. The Morgan fingerprint density at radius 2 is 2.00 bits per heavy atom. The summed E-state index contributed by atoms with van der Waals surface area (Å²) in [6.07, 6.45) is 1.25. The number of hydrogen-bond acceptors (Lipinski definition) is 6. The van der Waals surface area contributed by atoms with Crippen LogP contribution in [0.4, 0.5) is 17.8 Å². The maximum atomic E-state index is 5.64. The molecule has 1 fully saturated rings. The van der Waals surface area contributed by atoms with Crippen molar-refractivity contribution in [3.63, 3.8) is 0 Å². The highest BCUT2D eigenvalue weighted by molar-refractivity contribution is 5.40. The Morgan fingerprint density at radius 3 is 2.53 bits per heavy atom. The Bertz CT molecular complexity index is 414. The molecule has 0 radical (unpaired) electrons. The number of nitrogen functional groups attached to an aromatic ring is 1. The fourth-order valence-corrected chi connectivity index (χ4v) is 1.80. The van der Waals surface area contributed by atoms with E-state index in [1.165, 1.54) is 6.42 Å². The summed E-state index contributed by atoms with van der Waals surface area (Å²) in [7, 11) is 3.76. The third-order valence-corrected chi connectivity index (χ3v) is 3.27. The van der Waals surface area contributed by atoms with E-state index in [4.69, 9.17) is 5.73 Å². The first-order valence-electron chi connectivity index (χ1n) is 5.81.